The molecule has 0 saturated carbocycles. The van der Waals surface area contributed by atoms with Gasteiger partial charge in [0.05, 0.1) is 6.04 Å². The monoisotopic (exact) mass is 198 g/mol. The van der Waals surface area contributed by atoms with Crippen LogP contribution in [0.3, 0.4) is 0 Å². The molecule has 6 heteroatoms. The van der Waals surface area contributed by atoms with Crippen LogP contribution in [0.2, 0.25) is 0 Å². The van der Waals surface area contributed by atoms with E-state index >= 15 is 0 Å². The van der Waals surface area contributed by atoms with Crippen molar-refractivity contribution in [2.24, 2.45) is 11.7 Å². The van der Waals surface area contributed by atoms with Crippen molar-refractivity contribution in [3.05, 3.63) is 5.82 Å². The fraction of sp³-hybridized carbons (Fsp3) is 0.625. The molecule has 1 aromatic rings. The van der Waals surface area contributed by atoms with Gasteiger partial charge in [0.25, 0.3) is 0 Å². The van der Waals surface area contributed by atoms with E-state index in [1.165, 1.54) is 0 Å². The van der Waals surface area contributed by atoms with Crippen molar-refractivity contribution in [1.82, 2.24) is 10.1 Å². The fourth-order valence-electron chi connectivity index (χ4n) is 0.839. The highest BCUT2D eigenvalue weighted by Crippen LogP contribution is 2.05. The lowest BCUT2D eigenvalue weighted by Gasteiger charge is -2.12. The van der Waals surface area contributed by atoms with E-state index in [4.69, 9.17) is 10.3 Å². The van der Waals surface area contributed by atoms with Crippen LogP contribution in [0.4, 0.5) is 6.01 Å². The summed E-state index contributed by atoms with van der Waals surface area (Å²) >= 11 is 0. The van der Waals surface area contributed by atoms with Crippen LogP contribution in [0, 0.1) is 12.8 Å². The van der Waals surface area contributed by atoms with E-state index in [0.717, 1.165) is 0 Å². The molecular formula is C8H14N4O2. The Hall–Kier alpha value is -1.43. The molecule has 0 aromatic carbocycles. The van der Waals surface area contributed by atoms with E-state index in [2.05, 4.69) is 15.5 Å². The summed E-state index contributed by atoms with van der Waals surface area (Å²) in [4.78, 5) is 15.2. The van der Waals surface area contributed by atoms with Crippen LogP contribution in [0.15, 0.2) is 4.52 Å². The summed E-state index contributed by atoms with van der Waals surface area (Å²) in [5, 5.41) is 5.97. The molecule has 14 heavy (non-hydrogen) atoms. The Morgan fingerprint density at radius 3 is 2.64 bits per heavy atom. The van der Waals surface area contributed by atoms with E-state index < -0.39 is 6.04 Å². The summed E-state index contributed by atoms with van der Waals surface area (Å²) < 4.78 is 4.72. The second kappa shape index (κ2) is 4.19. The first-order valence-corrected chi connectivity index (χ1v) is 4.37. The lowest BCUT2D eigenvalue weighted by atomic mass is 10.1. The number of hydrogen-bond acceptors (Lipinski definition) is 5. The third-order valence-electron chi connectivity index (χ3n) is 1.78. The standard InChI is InChI=1S/C8H14N4O2/c1-4(2)6(9)7(13)11-8-10-5(3)12-14-8/h4,6H,9H2,1-3H3,(H,10,11,12,13)/t6-/m0/s1. The molecule has 0 unspecified atom stereocenters. The number of amides is 1. The first-order chi connectivity index (χ1) is 6.50. The minimum atomic E-state index is -0.567. The van der Waals surface area contributed by atoms with Gasteiger partial charge in [-0.1, -0.05) is 19.0 Å². The zero-order valence-electron chi connectivity index (χ0n) is 8.44. The summed E-state index contributed by atoms with van der Waals surface area (Å²) in [6.07, 6.45) is 0. The van der Waals surface area contributed by atoms with Crippen LogP contribution in [-0.2, 0) is 4.79 Å². The second-order valence-corrected chi connectivity index (χ2v) is 3.41. The van der Waals surface area contributed by atoms with Crippen LogP contribution >= 0.6 is 0 Å². The molecule has 0 fully saturated rings. The number of carbonyl (C=O) groups excluding carboxylic acids is 1. The average Bonchev–Trinajstić information content (AvgIpc) is 2.49. The van der Waals surface area contributed by atoms with Crippen LogP contribution in [0.1, 0.15) is 19.7 Å². The molecule has 3 N–H and O–H groups in total. The Morgan fingerprint density at radius 1 is 1.57 bits per heavy atom. The number of aryl methyl sites for hydroxylation is 1. The molecule has 1 heterocycles. The number of anilines is 1. The highest BCUT2D eigenvalue weighted by molar-refractivity contribution is 5.92. The topological polar surface area (TPSA) is 94.0 Å². The quantitative estimate of drug-likeness (QED) is 0.728. The maximum absolute atomic E-state index is 11.4. The first kappa shape index (κ1) is 10.6. The maximum Gasteiger partial charge on any atom is 0.328 e. The molecule has 0 aliphatic rings. The molecule has 0 radical (unpaired) electrons. The van der Waals surface area contributed by atoms with Gasteiger partial charge in [0.2, 0.25) is 5.91 Å². The van der Waals surface area contributed by atoms with Gasteiger partial charge < -0.3 is 10.3 Å². The van der Waals surface area contributed by atoms with Gasteiger partial charge in [0.15, 0.2) is 5.82 Å². The van der Waals surface area contributed by atoms with Gasteiger partial charge in [0, 0.05) is 0 Å². The molecule has 0 aliphatic carbocycles. The van der Waals surface area contributed by atoms with Crippen molar-refractivity contribution < 1.29 is 9.32 Å². The van der Waals surface area contributed by atoms with E-state index in [9.17, 15) is 4.79 Å². The van der Waals surface area contributed by atoms with Gasteiger partial charge in [-0.2, -0.15) is 4.98 Å². The van der Waals surface area contributed by atoms with Gasteiger partial charge in [-0.05, 0) is 12.8 Å². The van der Waals surface area contributed by atoms with Gasteiger partial charge >= 0.3 is 6.01 Å². The Bertz CT molecular complexity index is 321. The number of rotatable bonds is 3. The van der Waals surface area contributed by atoms with Crippen LogP contribution in [0.5, 0.6) is 0 Å². The lowest BCUT2D eigenvalue weighted by Crippen LogP contribution is -2.39. The van der Waals surface area contributed by atoms with Gasteiger partial charge in [0.1, 0.15) is 0 Å². The molecule has 78 valence electrons. The predicted molar refractivity (Wildman–Crippen MR) is 50.5 cm³/mol. The van der Waals surface area contributed by atoms with Crippen molar-refractivity contribution in [1.29, 1.82) is 0 Å². The molecule has 1 atom stereocenters. The van der Waals surface area contributed by atoms with Gasteiger partial charge in [-0.25, -0.2) is 0 Å². The van der Waals surface area contributed by atoms with E-state index in [1.807, 2.05) is 13.8 Å². The van der Waals surface area contributed by atoms with Crippen molar-refractivity contribution in [3.63, 3.8) is 0 Å². The van der Waals surface area contributed by atoms with Crippen LogP contribution < -0.4 is 11.1 Å². The lowest BCUT2D eigenvalue weighted by molar-refractivity contribution is -0.118. The highest BCUT2D eigenvalue weighted by Gasteiger charge is 2.18. The van der Waals surface area contributed by atoms with Crippen molar-refractivity contribution in [3.8, 4) is 0 Å². The Labute approximate surface area is 81.9 Å². The zero-order chi connectivity index (χ0) is 10.7. The van der Waals surface area contributed by atoms with E-state index in [1.54, 1.807) is 6.92 Å². The second-order valence-electron chi connectivity index (χ2n) is 3.41. The zero-order valence-corrected chi connectivity index (χ0v) is 8.44. The molecule has 0 aliphatic heterocycles. The highest BCUT2D eigenvalue weighted by atomic mass is 16.5. The molecule has 1 amide bonds. The molecule has 1 rings (SSSR count). The SMILES string of the molecule is Cc1noc(NC(=O)[C@@H](N)C(C)C)n1. The third kappa shape index (κ3) is 2.53. The number of nitrogens with one attached hydrogen (secondary N) is 1. The van der Waals surface area contributed by atoms with Crippen molar-refractivity contribution >= 4 is 11.9 Å². The largest absolute Gasteiger partial charge is 0.328 e. The number of aromatic nitrogens is 2. The van der Waals surface area contributed by atoms with Crippen LogP contribution in [-0.4, -0.2) is 22.1 Å². The molecule has 0 spiro atoms. The van der Waals surface area contributed by atoms with Crippen molar-refractivity contribution in [2.45, 2.75) is 26.8 Å². The summed E-state index contributed by atoms with van der Waals surface area (Å²) in [6.45, 7) is 5.40. The summed E-state index contributed by atoms with van der Waals surface area (Å²) in [6, 6.07) is -0.481. The number of carbonyl (C=O) groups is 1. The van der Waals surface area contributed by atoms with E-state index in [0.29, 0.717) is 5.82 Å². The molecule has 6 nitrogen and oxygen atoms in total. The summed E-state index contributed by atoms with van der Waals surface area (Å²) in [5.74, 6) is 0.223. The van der Waals surface area contributed by atoms with Gasteiger partial charge in [-0.15, -0.1) is 0 Å². The minimum absolute atomic E-state index is 0.0685. The molecular weight excluding hydrogens is 184 g/mol. The number of nitrogens with zero attached hydrogens (tertiary/aromatic N) is 2. The predicted octanol–water partition coefficient (Wildman–Crippen LogP) is 0.300. The molecule has 0 saturated heterocycles. The number of nitrogens with two attached hydrogens (primary N) is 1. The van der Waals surface area contributed by atoms with E-state index in [-0.39, 0.29) is 17.8 Å². The Kier molecular flexibility index (Phi) is 3.19. The normalized spacial score (nSPS) is 12.9. The van der Waals surface area contributed by atoms with Crippen molar-refractivity contribution in [2.75, 3.05) is 5.32 Å². The molecule has 0 bridgehead atoms. The summed E-state index contributed by atoms with van der Waals surface area (Å²) in [5.41, 5.74) is 5.61. The van der Waals surface area contributed by atoms with Gasteiger partial charge in [-0.3, -0.25) is 10.1 Å². The molecule has 1 aromatic heterocycles. The Morgan fingerprint density at radius 2 is 2.21 bits per heavy atom. The first-order valence-electron chi connectivity index (χ1n) is 4.37. The minimum Gasteiger partial charge on any atom is -0.320 e. The smallest absolute Gasteiger partial charge is 0.320 e. The van der Waals surface area contributed by atoms with Crippen LogP contribution in [0.25, 0.3) is 0 Å². The maximum atomic E-state index is 11.4. The number of hydrogen-bond donors (Lipinski definition) is 2. The fourth-order valence-corrected chi connectivity index (χ4v) is 0.839. The summed E-state index contributed by atoms with van der Waals surface area (Å²) in [7, 11) is 0. The Balaban J connectivity index is 2.57. The third-order valence-corrected chi connectivity index (χ3v) is 1.78. The average molecular weight is 198 g/mol.